The molecule has 0 spiro atoms. The van der Waals surface area contributed by atoms with E-state index in [9.17, 15) is 4.79 Å². The first kappa shape index (κ1) is 13.3. The largest absolute Gasteiger partial charge is 0.496 e. The molecule has 94 valence electrons. The van der Waals surface area contributed by atoms with E-state index < -0.39 is 5.97 Å². The van der Waals surface area contributed by atoms with Gasteiger partial charge in [-0.05, 0) is 6.07 Å². The van der Waals surface area contributed by atoms with E-state index in [1.165, 1.54) is 7.11 Å². The van der Waals surface area contributed by atoms with E-state index in [4.69, 9.17) is 19.3 Å². The molecule has 0 aliphatic heterocycles. The Morgan fingerprint density at radius 3 is 2.41 bits per heavy atom. The van der Waals surface area contributed by atoms with Crippen molar-refractivity contribution in [2.75, 3.05) is 21.3 Å². The van der Waals surface area contributed by atoms with Gasteiger partial charge < -0.3 is 19.3 Å². The van der Waals surface area contributed by atoms with Gasteiger partial charge in [0.15, 0.2) is 0 Å². The SMILES string of the molecule is COCc1c(OC)ccc(CC(=O)O)c1OC. The summed E-state index contributed by atoms with van der Waals surface area (Å²) in [7, 11) is 4.60. The van der Waals surface area contributed by atoms with Crippen molar-refractivity contribution in [3.05, 3.63) is 23.3 Å². The quantitative estimate of drug-likeness (QED) is 0.815. The number of benzene rings is 1. The first-order chi connectivity index (χ1) is 8.13. The molecule has 0 amide bonds. The van der Waals surface area contributed by atoms with E-state index >= 15 is 0 Å². The van der Waals surface area contributed by atoms with Crippen LogP contribution in [-0.4, -0.2) is 32.4 Å². The molecule has 0 fully saturated rings. The van der Waals surface area contributed by atoms with E-state index in [1.807, 2.05) is 0 Å². The fraction of sp³-hybridized carbons (Fsp3) is 0.417. The lowest BCUT2D eigenvalue weighted by Crippen LogP contribution is -2.06. The highest BCUT2D eigenvalue weighted by molar-refractivity contribution is 5.72. The van der Waals surface area contributed by atoms with Crippen molar-refractivity contribution in [2.45, 2.75) is 13.0 Å². The number of hydrogen-bond donors (Lipinski definition) is 1. The highest BCUT2D eigenvalue weighted by Crippen LogP contribution is 2.33. The first-order valence-electron chi connectivity index (χ1n) is 5.07. The first-order valence-corrected chi connectivity index (χ1v) is 5.07. The van der Waals surface area contributed by atoms with Gasteiger partial charge in [-0.25, -0.2) is 0 Å². The fourth-order valence-electron chi connectivity index (χ4n) is 1.69. The zero-order valence-corrected chi connectivity index (χ0v) is 10.1. The minimum Gasteiger partial charge on any atom is -0.496 e. The molecule has 0 atom stereocenters. The van der Waals surface area contributed by atoms with E-state index in [0.717, 1.165) is 5.56 Å². The van der Waals surface area contributed by atoms with Crippen LogP contribution in [0.25, 0.3) is 0 Å². The monoisotopic (exact) mass is 240 g/mol. The normalized spacial score (nSPS) is 10.1. The third kappa shape index (κ3) is 3.10. The second-order valence-corrected chi connectivity index (χ2v) is 3.44. The lowest BCUT2D eigenvalue weighted by atomic mass is 10.1. The molecule has 17 heavy (non-hydrogen) atoms. The number of carboxylic acid groups (broad SMARTS) is 1. The Balaban J connectivity index is 3.24. The van der Waals surface area contributed by atoms with Crippen LogP contribution >= 0.6 is 0 Å². The van der Waals surface area contributed by atoms with Gasteiger partial charge >= 0.3 is 5.97 Å². The molecule has 0 aromatic heterocycles. The highest BCUT2D eigenvalue weighted by atomic mass is 16.5. The van der Waals surface area contributed by atoms with Gasteiger partial charge in [-0.2, -0.15) is 0 Å². The van der Waals surface area contributed by atoms with Crippen molar-refractivity contribution in [2.24, 2.45) is 0 Å². The second-order valence-electron chi connectivity index (χ2n) is 3.44. The Morgan fingerprint density at radius 1 is 1.24 bits per heavy atom. The zero-order valence-electron chi connectivity index (χ0n) is 10.1. The number of methoxy groups -OCH3 is 3. The molecule has 0 saturated carbocycles. The summed E-state index contributed by atoms with van der Waals surface area (Å²) in [5.74, 6) is 0.225. The molecule has 0 heterocycles. The van der Waals surface area contributed by atoms with Crippen LogP contribution in [-0.2, 0) is 22.6 Å². The Bertz CT molecular complexity index is 400. The topological polar surface area (TPSA) is 65.0 Å². The van der Waals surface area contributed by atoms with Gasteiger partial charge in [0.2, 0.25) is 0 Å². The number of carboxylic acids is 1. The van der Waals surface area contributed by atoms with Gasteiger partial charge in [-0.1, -0.05) is 6.07 Å². The molecule has 0 saturated heterocycles. The fourth-order valence-corrected chi connectivity index (χ4v) is 1.69. The summed E-state index contributed by atoms with van der Waals surface area (Å²) in [6.07, 6.45) is -0.0934. The lowest BCUT2D eigenvalue weighted by Gasteiger charge is -2.15. The van der Waals surface area contributed by atoms with Gasteiger partial charge in [0.25, 0.3) is 0 Å². The molecular weight excluding hydrogens is 224 g/mol. The average Bonchev–Trinajstić information content (AvgIpc) is 2.29. The Morgan fingerprint density at radius 2 is 1.94 bits per heavy atom. The van der Waals surface area contributed by atoms with Crippen LogP contribution < -0.4 is 9.47 Å². The third-order valence-corrected chi connectivity index (χ3v) is 2.35. The van der Waals surface area contributed by atoms with Crippen molar-refractivity contribution in [1.82, 2.24) is 0 Å². The summed E-state index contributed by atoms with van der Waals surface area (Å²) >= 11 is 0. The second kappa shape index (κ2) is 6.10. The molecule has 0 aliphatic carbocycles. The number of carbonyl (C=O) groups is 1. The van der Waals surface area contributed by atoms with Gasteiger partial charge in [-0.3, -0.25) is 4.79 Å². The summed E-state index contributed by atoms with van der Waals surface area (Å²) in [6, 6.07) is 3.40. The molecule has 1 rings (SSSR count). The minimum absolute atomic E-state index is 0.0934. The smallest absolute Gasteiger partial charge is 0.307 e. The standard InChI is InChI=1S/C12H16O5/c1-15-7-9-10(16-2)5-4-8(6-11(13)14)12(9)17-3/h4-5H,6-7H2,1-3H3,(H,13,14). The summed E-state index contributed by atoms with van der Waals surface area (Å²) in [4.78, 5) is 10.7. The summed E-state index contributed by atoms with van der Waals surface area (Å²) in [5.41, 5.74) is 1.32. The predicted octanol–water partition coefficient (Wildman–Crippen LogP) is 1.48. The molecule has 0 radical (unpaired) electrons. The van der Waals surface area contributed by atoms with Crippen LogP contribution in [0.4, 0.5) is 0 Å². The number of aliphatic carboxylic acids is 1. The number of hydrogen-bond acceptors (Lipinski definition) is 4. The Hall–Kier alpha value is -1.75. The van der Waals surface area contributed by atoms with Crippen LogP contribution in [0, 0.1) is 0 Å². The van der Waals surface area contributed by atoms with Crippen molar-refractivity contribution >= 4 is 5.97 Å². The molecule has 1 aromatic carbocycles. The van der Waals surface area contributed by atoms with E-state index in [0.29, 0.717) is 23.7 Å². The van der Waals surface area contributed by atoms with Gasteiger partial charge in [-0.15, -0.1) is 0 Å². The van der Waals surface area contributed by atoms with E-state index in [-0.39, 0.29) is 6.42 Å². The molecule has 0 aliphatic rings. The molecule has 5 nitrogen and oxygen atoms in total. The maximum Gasteiger partial charge on any atom is 0.307 e. The summed E-state index contributed by atoms with van der Waals surface area (Å²) in [5, 5.41) is 8.82. The van der Waals surface area contributed by atoms with Gasteiger partial charge in [0.1, 0.15) is 11.5 Å². The average molecular weight is 240 g/mol. The predicted molar refractivity (Wildman–Crippen MR) is 61.6 cm³/mol. The Labute approximate surface area is 99.9 Å². The molecule has 0 unspecified atom stereocenters. The zero-order chi connectivity index (χ0) is 12.8. The maximum atomic E-state index is 10.7. The minimum atomic E-state index is -0.906. The summed E-state index contributed by atoms with van der Waals surface area (Å²) in [6.45, 7) is 0.305. The number of rotatable bonds is 6. The number of ether oxygens (including phenoxy) is 3. The van der Waals surface area contributed by atoms with Crippen molar-refractivity contribution in [3.8, 4) is 11.5 Å². The van der Waals surface area contributed by atoms with Crippen LogP contribution in [0.3, 0.4) is 0 Å². The highest BCUT2D eigenvalue weighted by Gasteiger charge is 2.16. The molecule has 1 N–H and O–H groups in total. The van der Waals surface area contributed by atoms with Gasteiger partial charge in [0.05, 0.1) is 32.8 Å². The van der Waals surface area contributed by atoms with E-state index in [2.05, 4.69) is 0 Å². The van der Waals surface area contributed by atoms with E-state index in [1.54, 1.807) is 26.4 Å². The van der Waals surface area contributed by atoms with Gasteiger partial charge in [0, 0.05) is 12.7 Å². The van der Waals surface area contributed by atoms with Crippen LogP contribution in [0.1, 0.15) is 11.1 Å². The van der Waals surface area contributed by atoms with Crippen LogP contribution in [0.5, 0.6) is 11.5 Å². The van der Waals surface area contributed by atoms with Crippen molar-refractivity contribution in [3.63, 3.8) is 0 Å². The maximum absolute atomic E-state index is 10.7. The molecule has 1 aromatic rings. The molecule has 0 bridgehead atoms. The van der Waals surface area contributed by atoms with Crippen LogP contribution in [0.2, 0.25) is 0 Å². The van der Waals surface area contributed by atoms with Crippen LogP contribution in [0.15, 0.2) is 12.1 Å². The summed E-state index contributed by atoms with van der Waals surface area (Å²) < 4.78 is 15.5. The van der Waals surface area contributed by atoms with Crippen molar-refractivity contribution < 1.29 is 24.1 Å². The molecular formula is C12H16O5. The Kier molecular flexibility index (Phi) is 4.78. The van der Waals surface area contributed by atoms with Crippen molar-refractivity contribution in [1.29, 1.82) is 0 Å². The molecule has 5 heteroatoms. The third-order valence-electron chi connectivity index (χ3n) is 2.35. The lowest BCUT2D eigenvalue weighted by molar-refractivity contribution is -0.136.